The second kappa shape index (κ2) is 15.2. The zero-order chi connectivity index (χ0) is 37.7. The van der Waals surface area contributed by atoms with Crippen molar-refractivity contribution in [2.45, 2.75) is 0 Å². The van der Waals surface area contributed by atoms with E-state index in [1.807, 2.05) is 164 Å². The van der Waals surface area contributed by atoms with E-state index < -0.39 is 0 Å². The molecule has 0 N–H and O–H groups in total. The minimum atomic E-state index is 0.521. The van der Waals surface area contributed by atoms with E-state index in [2.05, 4.69) is 30.3 Å². The molecular weight excluding hydrogens is 687 g/mol. The van der Waals surface area contributed by atoms with E-state index in [1.54, 1.807) is 0 Å². The lowest BCUT2D eigenvalue weighted by Crippen LogP contribution is -2.02. The van der Waals surface area contributed by atoms with Crippen LogP contribution in [0.1, 0.15) is 5.56 Å². The molecule has 0 fully saturated rings. The fourth-order valence-electron chi connectivity index (χ4n) is 6.64. The molecule has 0 unspecified atom stereocenters. The molecule has 0 aliphatic carbocycles. The minimum absolute atomic E-state index is 0.521. The lowest BCUT2D eigenvalue weighted by Gasteiger charge is -2.15. The molecule has 0 bridgehead atoms. The Morgan fingerprint density at radius 1 is 0.268 bits per heavy atom. The van der Waals surface area contributed by atoms with Gasteiger partial charge < -0.3 is 0 Å². The molecule has 0 saturated carbocycles. The van der Waals surface area contributed by atoms with Crippen molar-refractivity contribution in [2.24, 2.45) is 0 Å². The minimum Gasteiger partial charge on any atom is -0.208 e. The highest BCUT2D eigenvalue weighted by Gasteiger charge is 2.19. The maximum absolute atomic E-state index is 9.83. The smallest absolute Gasteiger partial charge is 0.164 e. The van der Waals surface area contributed by atoms with Crippen LogP contribution in [0.15, 0.2) is 188 Å². The summed E-state index contributed by atoms with van der Waals surface area (Å²) in [5.41, 5.74) is 9.36. The van der Waals surface area contributed by atoms with E-state index in [1.165, 1.54) is 0 Å². The van der Waals surface area contributed by atoms with Gasteiger partial charge in [-0.15, -0.1) is 0 Å². The Morgan fingerprint density at radius 2 is 0.625 bits per heavy atom. The predicted octanol–water partition coefficient (Wildman–Crippen LogP) is 11.3. The summed E-state index contributed by atoms with van der Waals surface area (Å²) < 4.78 is 0. The van der Waals surface area contributed by atoms with Crippen LogP contribution in [-0.2, 0) is 0 Å². The monoisotopic (exact) mass is 717 g/mol. The third-order valence-electron chi connectivity index (χ3n) is 9.39. The Balaban J connectivity index is 1.27. The van der Waals surface area contributed by atoms with E-state index in [9.17, 15) is 5.26 Å². The van der Waals surface area contributed by atoms with Gasteiger partial charge in [0.25, 0.3) is 0 Å². The summed E-state index contributed by atoms with van der Waals surface area (Å²) in [4.78, 5) is 30.1. The van der Waals surface area contributed by atoms with Gasteiger partial charge in [0.15, 0.2) is 34.9 Å². The Morgan fingerprint density at radius 3 is 1.09 bits per heavy atom. The average molecular weight is 718 g/mol. The van der Waals surface area contributed by atoms with Crippen LogP contribution < -0.4 is 0 Å². The van der Waals surface area contributed by atoms with Gasteiger partial charge in [0.1, 0.15) is 0 Å². The molecule has 0 radical (unpaired) electrons. The maximum atomic E-state index is 9.83. The van der Waals surface area contributed by atoms with Gasteiger partial charge in [-0.05, 0) is 52.6 Å². The van der Waals surface area contributed by atoms with E-state index in [0.29, 0.717) is 40.5 Å². The summed E-state index contributed by atoms with van der Waals surface area (Å²) in [6.45, 7) is 0. The Kier molecular flexibility index (Phi) is 9.18. The van der Waals surface area contributed by atoms with Crippen molar-refractivity contribution in [3.05, 3.63) is 194 Å². The number of nitrogens with zero attached hydrogens (tertiary/aromatic N) is 7. The highest BCUT2D eigenvalue weighted by Crippen LogP contribution is 2.38. The quantitative estimate of drug-likeness (QED) is 0.154. The summed E-state index contributed by atoms with van der Waals surface area (Å²) in [6, 6.07) is 64.2. The van der Waals surface area contributed by atoms with Gasteiger partial charge in [0, 0.05) is 33.4 Å². The van der Waals surface area contributed by atoms with Crippen molar-refractivity contribution in [1.82, 2.24) is 29.9 Å². The Bertz CT molecular complexity index is 2740. The second-order valence-corrected chi connectivity index (χ2v) is 13.1. The molecule has 9 aromatic rings. The van der Waals surface area contributed by atoms with Gasteiger partial charge in [-0.3, -0.25) is 0 Å². The molecule has 262 valence electrons. The molecule has 0 spiro atoms. The van der Waals surface area contributed by atoms with Crippen LogP contribution in [-0.4, -0.2) is 29.9 Å². The van der Waals surface area contributed by atoms with Crippen LogP contribution in [0.5, 0.6) is 0 Å². The number of hydrogen-bond acceptors (Lipinski definition) is 7. The summed E-state index contributed by atoms with van der Waals surface area (Å²) in [7, 11) is 0. The first-order valence-electron chi connectivity index (χ1n) is 18.2. The van der Waals surface area contributed by atoms with Crippen LogP contribution in [0.3, 0.4) is 0 Å². The standard InChI is InChI=1S/C49H31N7/c50-32-33-16-15-25-38(28-33)39-29-40(31-41(30-39)48-53-44(34-17-5-1-6-18-34)51-45(54-48)35-19-7-2-8-20-35)42-26-13-14-27-43(42)49-55-46(36-21-9-3-10-22-36)52-47(56-49)37-23-11-4-12-24-37/h1-31H. The highest BCUT2D eigenvalue weighted by molar-refractivity contribution is 5.87. The summed E-state index contributed by atoms with van der Waals surface area (Å²) in [5.74, 6) is 3.37. The molecular formula is C49H31N7. The fourth-order valence-corrected chi connectivity index (χ4v) is 6.64. The van der Waals surface area contributed by atoms with Gasteiger partial charge >= 0.3 is 0 Å². The van der Waals surface area contributed by atoms with Crippen molar-refractivity contribution in [2.75, 3.05) is 0 Å². The van der Waals surface area contributed by atoms with Gasteiger partial charge in [-0.25, -0.2) is 29.9 Å². The molecule has 2 heterocycles. The zero-order valence-corrected chi connectivity index (χ0v) is 30.0. The third kappa shape index (κ3) is 7.06. The fraction of sp³-hybridized carbons (Fsp3) is 0. The molecule has 7 heteroatoms. The van der Waals surface area contributed by atoms with Crippen molar-refractivity contribution < 1.29 is 0 Å². The SMILES string of the molecule is N#Cc1cccc(-c2cc(-c3nc(-c4ccccc4)nc(-c4ccccc4)n3)cc(-c3ccccc3-c3nc(-c4ccccc4)nc(-c4ccccc4)n3)c2)c1. The number of rotatable bonds is 8. The normalized spacial score (nSPS) is 10.8. The molecule has 56 heavy (non-hydrogen) atoms. The Labute approximate surface area is 324 Å². The van der Waals surface area contributed by atoms with Crippen molar-refractivity contribution >= 4 is 0 Å². The third-order valence-corrected chi connectivity index (χ3v) is 9.39. The van der Waals surface area contributed by atoms with Gasteiger partial charge in [0.2, 0.25) is 0 Å². The van der Waals surface area contributed by atoms with Crippen LogP contribution in [0.4, 0.5) is 0 Å². The van der Waals surface area contributed by atoms with Crippen molar-refractivity contribution in [1.29, 1.82) is 5.26 Å². The zero-order valence-electron chi connectivity index (χ0n) is 30.0. The molecule has 7 nitrogen and oxygen atoms in total. The first-order valence-corrected chi connectivity index (χ1v) is 18.2. The van der Waals surface area contributed by atoms with Crippen molar-refractivity contribution in [3.63, 3.8) is 0 Å². The summed E-state index contributed by atoms with van der Waals surface area (Å²) in [6.07, 6.45) is 0. The molecule has 0 saturated heterocycles. The molecule has 0 atom stereocenters. The van der Waals surface area contributed by atoms with Crippen LogP contribution in [0, 0.1) is 11.3 Å². The molecule has 9 rings (SSSR count). The van der Waals surface area contributed by atoms with Crippen LogP contribution >= 0.6 is 0 Å². The van der Waals surface area contributed by atoms with E-state index >= 15 is 0 Å². The average Bonchev–Trinajstić information content (AvgIpc) is 3.29. The van der Waals surface area contributed by atoms with E-state index in [4.69, 9.17) is 29.9 Å². The Hall–Kier alpha value is -7.95. The molecule has 2 aromatic heterocycles. The topological polar surface area (TPSA) is 101 Å². The highest BCUT2D eigenvalue weighted by atomic mass is 15.0. The van der Waals surface area contributed by atoms with Gasteiger partial charge in [-0.1, -0.05) is 158 Å². The van der Waals surface area contributed by atoms with E-state index in [0.717, 1.165) is 55.6 Å². The van der Waals surface area contributed by atoms with E-state index in [-0.39, 0.29) is 0 Å². The predicted molar refractivity (Wildman–Crippen MR) is 221 cm³/mol. The molecule has 0 aliphatic rings. The summed E-state index contributed by atoms with van der Waals surface area (Å²) >= 11 is 0. The summed E-state index contributed by atoms with van der Waals surface area (Å²) in [5, 5.41) is 9.83. The first-order chi connectivity index (χ1) is 27.7. The van der Waals surface area contributed by atoms with Gasteiger partial charge in [-0.2, -0.15) is 5.26 Å². The lowest BCUT2D eigenvalue weighted by atomic mass is 9.92. The number of benzene rings is 7. The molecule has 0 aliphatic heterocycles. The maximum Gasteiger partial charge on any atom is 0.164 e. The number of nitriles is 1. The molecule has 7 aromatic carbocycles. The van der Waals surface area contributed by atoms with Crippen LogP contribution in [0.2, 0.25) is 0 Å². The lowest BCUT2D eigenvalue weighted by molar-refractivity contribution is 1.07. The first kappa shape index (κ1) is 33.9. The van der Waals surface area contributed by atoms with Crippen LogP contribution in [0.25, 0.3) is 90.6 Å². The second-order valence-electron chi connectivity index (χ2n) is 13.1. The largest absolute Gasteiger partial charge is 0.208 e. The van der Waals surface area contributed by atoms with Crippen molar-refractivity contribution in [3.8, 4) is 96.7 Å². The van der Waals surface area contributed by atoms with Gasteiger partial charge in [0.05, 0.1) is 11.6 Å². The number of hydrogen-bond donors (Lipinski definition) is 0. The molecule has 0 amide bonds. The number of aromatic nitrogens is 6.